The number of carbonyl (C=O) groups is 2. The van der Waals surface area contributed by atoms with Crippen molar-refractivity contribution in [3.63, 3.8) is 0 Å². The van der Waals surface area contributed by atoms with E-state index < -0.39 is 26.5 Å². The molecule has 0 aliphatic heterocycles. The van der Waals surface area contributed by atoms with Gasteiger partial charge in [0, 0.05) is 12.8 Å². The van der Waals surface area contributed by atoms with E-state index in [-0.39, 0.29) is 32.0 Å². The number of carbonyl (C=O) groups excluding carboxylic acids is 2. The standard InChI is InChI=1S/C53H102NO8P/c1-6-8-10-12-14-16-18-20-22-24-26-27-28-30-32-34-36-38-40-42-44-46-53(56)62-51(50-61-63(57,58)60-48-47-54(3,4)5)49-59-52(55)45-43-41-39-37-35-33-31-29-25-23-21-19-17-15-13-11-9-7-2/h23-26,51H,6-22,27-50H2,1-5H3/p+1/b25-23-,26-24-. The summed E-state index contributed by atoms with van der Waals surface area (Å²) in [6.45, 7) is 4.45. The Morgan fingerprint density at radius 2 is 0.810 bits per heavy atom. The minimum absolute atomic E-state index is 0.0323. The summed E-state index contributed by atoms with van der Waals surface area (Å²) in [6.07, 6.45) is 52.3. The number of likely N-dealkylation sites (N-methyl/N-ethyl adjacent to an activating group) is 1. The van der Waals surface area contributed by atoms with Gasteiger partial charge in [0.1, 0.15) is 19.8 Å². The van der Waals surface area contributed by atoms with E-state index in [9.17, 15) is 19.0 Å². The summed E-state index contributed by atoms with van der Waals surface area (Å²) in [4.78, 5) is 35.6. The molecule has 2 unspecified atom stereocenters. The van der Waals surface area contributed by atoms with Crippen molar-refractivity contribution in [3.8, 4) is 0 Å². The fraction of sp³-hybridized carbons (Fsp3) is 0.887. The number of unbranched alkanes of at least 4 members (excludes halogenated alkanes) is 31. The van der Waals surface area contributed by atoms with E-state index in [1.165, 1.54) is 180 Å². The molecule has 63 heavy (non-hydrogen) atoms. The average Bonchev–Trinajstić information content (AvgIpc) is 3.24. The quantitative estimate of drug-likeness (QED) is 0.0211. The Bertz CT molecular complexity index is 1120. The molecule has 0 saturated heterocycles. The number of esters is 2. The van der Waals surface area contributed by atoms with Crippen LogP contribution in [0, 0.1) is 0 Å². The Morgan fingerprint density at radius 1 is 0.476 bits per heavy atom. The van der Waals surface area contributed by atoms with Crippen molar-refractivity contribution in [2.45, 2.75) is 258 Å². The number of hydrogen-bond acceptors (Lipinski definition) is 7. The monoisotopic (exact) mass is 913 g/mol. The van der Waals surface area contributed by atoms with Gasteiger partial charge in [-0.25, -0.2) is 4.57 Å². The zero-order valence-corrected chi connectivity index (χ0v) is 43.0. The molecule has 0 amide bonds. The van der Waals surface area contributed by atoms with Gasteiger partial charge < -0.3 is 18.9 Å². The molecule has 0 aromatic rings. The lowest BCUT2D eigenvalue weighted by atomic mass is 10.1. The Kier molecular flexibility index (Phi) is 44.5. The van der Waals surface area contributed by atoms with Gasteiger partial charge in [0.15, 0.2) is 6.10 Å². The second-order valence-corrected chi connectivity index (χ2v) is 20.7. The Labute approximate surface area is 389 Å². The molecule has 0 saturated carbocycles. The van der Waals surface area contributed by atoms with Gasteiger partial charge in [0.2, 0.25) is 0 Å². The van der Waals surface area contributed by atoms with Crippen LogP contribution < -0.4 is 0 Å². The van der Waals surface area contributed by atoms with Crippen LogP contribution in [0.1, 0.15) is 251 Å². The van der Waals surface area contributed by atoms with E-state index in [1.807, 2.05) is 21.1 Å². The molecule has 0 radical (unpaired) electrons. The van der Waals surface area contributed by atoms with Gasteiger partial charge >= 0.3 is 19.8 Å². The number of phosphoric ester groups is 1. The number of phosphoric acid groups is 1. The first-order valence-electron chi connectivity index (χ1n) is 26.6. The number of hydrogen-bond donors (Lipinski definition) is 1. The topological polar surface area (TPSA) is 108 Å². The van der Waals surface area contributed by atoms with Crippen molar-refractivity contribution in [2.75, 3.05) is 47.5 Å². The van der Waals surface area contributed by atoms with E-state index in [2.05, 4.69) is 38.2 Å². The molecular weight excluding hydrogens is 810 g/mol. The zero-order valence-electron chi connectivity index (χ0n) is 42.1. The van der Waals surface area contributed by atoms with Crippen LogP contribution in [0.4, 0.5) is 0 Å². The predicted molar refractivity (Wildman–Crippen MR) is 266 cm³/mol. The van der Waals surface area contributed by atoms with Crippen LogP contribution in [-0.2, 0) is 32.7 Å². The second-order valence-electron chi connectivity index (χ2n) is 19.3. The number of nitrogens with zero attached hydrogens (tertiary/aromatic N) is 1. The zero-order chi connectivity index (χ0) is 46.4. The van der Waals surface area contributed by atoms with Crippen molar-refractivity contribution in [1.82, 2.24) is 0 Å². The van der Waals surface area contributed by atoms with Gasteiger partial charge in [-0.3, -0.25) is 18.6 Å². The summed E-state index contributed by atoms with van der Waals surface area (Å²) in [6, 6.07) is 0. The van der Waals surface area contributed by atoms with Gasteiger partial charge in [0.25, 0.3) is 0 Å². The van der Waals surface area contributed by atoms with E-state index in [4.69, 9.17) is 18.5 Å². The minimum Gasteiger partial charge on any atom is -0.462 e. The molecule has 0 aromatic carbocycles. The first kappa shape index (κ1) is 61.5. The summed E-state index contributed by atoms with van der Waals surface area (Å²) in [7, 11) is 1.48. The summed E-state index contributed by atoms with van der Waals surface area (Å²) >= 11 is 0. The Morgan fingerprint density at radius 3 is 1.17 bits per heavy atom. The molecule has 0 fully saturated rings. The number of rotatable bonds is 49. The smallest absolute Gasteiger partial charge is 0.462 e. The normalized spacial score (nSPS) is 13.6. The fourth-order valence-electron chi connectivity index (χ4n) is 7.53. The van der Waals surface area contributed by atoms with Crippen molar-refractivity contribution in [2.24, 2.45) is 0 Å². The molecule has 372 valence electrons. The van der Waals surface area contributed by atoms with E-state index in [0.29, 0.717) is 17.4 Å². The highest BCUT2D eigenvalue weighted by atomic mass is 31.2. The van der Waals surface area contributed by atoms with Crippen LogP contribution in [0.15, 0.2) is 24.3 Å². The number of ether oxygens (including phenoxy) is 2. The van der Waals surface area contributed by atoms with Crippen LogP contribution in [0.2, 0.25) is 0 Å². The lowest BCUT2D eigenvalue weighted by Crippen LogP contribution is -2.37. The highest BCUT2D eigenvalue weighted by Gasteiger charge is 2.27. The maximum Gasteiger partial charge on any atom is 0.472 e. The highest BCUT2D eigenvalue weighted by molar-refractivity contribution is 7.47. The highest BCUT2D eigenvalue weighted by Crippen LogP contribution is 2.43. The summed E-state index contributed by atoms with van der Waals surface area (Å²) < 4.78 is 34.5. The first-order valence-corrected chi connectivity index (χ1v) is 28.1. The molecule has 0 bridgehead atoms. The lowest BCUT2D eigenvalue weighted by Gasteiger charge is -2.24. The van der Waals surface area contributed by atoms with Crippen molar-refractivity contribution >= 4 is 19.8 Å². The summed E-state index contributed by atoms with van der Waals surface area (Å²) in [5.74, 6) is -0.795. The number of allylic oxidation sites excluding steroid dienone is 4. The van der Waals surface area contributed by atoms with Crippen LogP contribution in [0.3, 0.4) is 0 Å². The second kappa shape index (κ2) is 45.6. The fourth-order valence-corrected chi connectivity index (χ4v) is 8.28. The van der Waals surface area contributed by atoms with Crippen LogP contribution in [0.5, 0.6) is 0 Å². The van der Waals surface area contributed by atoms with Gasteiger partial charge in [-0.1, -0.05) is 199 Å². The maximum atomic E-state index is 12.8. The number of quaternary nitrogens is 1. The van der Waals surface area contributed by atoms with Gasteiger partial charge in [-0.2, -0.15) is 0 Å². The average molecular weight is 913 g/mol. The molecule has 0 heterocycles. The SMILES string of the molecule is CCCCCCCCC/C=C\CCCCCCCCCC(=O)OCC(COP(=O)(O)OCC[N+](C)(C)C)OC(=O)CCCCCCCCCCC/C=C\CCCCCCCCCC. The lowest BCUT2D eigenvalue weighted by molar-refractivity contribution is -0.870. The molecule has 9 nitrogen and oxygen atoms in total. The maximum absolute atomic E-state index is 12.8. The largest absolute Gasteiger partial charge is 0.472 e. The van der Waals surface area contributed by atoms with Gasteiger partial charge in [-0.05, 0) is 64.2 Å². The van der Waals surface area contributed by atoms with Crippen molar-refractivity contribution in [1.29, 1.82) is 0 Å². The van der Waals surface area contributed by atoms with Crippen LogP contribution in [-0.4, -0.2) is 74.9 Å². The third-order valence-electron chi connectivity index (χ3n) is 11.7. The van der Waals surface area contributed by atoms with E-state index in [0.717, 1.165) is 38.5 Å². The van der Waals surface area contributed by atoms with E-state index in [1.54, 1.807) is 0 Å². The van der Waals surface area contributed by atoms with Gasteiger partial charge in [0.05, 0.1) is 27.7 Å². The Hall–Kier alpha value is -1.51. The molecule has 0 aliphatic carbocycles. The molecular formula is C53H103NO8P+. The molecule has 1 N–H and O–H groups in total. The van der Waals surface area contributed by atoms with Crippen LogP contribution in [0.25, 0.3) is 0 Å². The van der Waals surface area contributed by atoms with Crippen molar-refractivity contribution < 1.29 is 42.1 Å². The molecule has 2 atom stereocenters. The third-order valence-corrected chi connectivity index (χ3v) is 12.7. The molecule has 0 rings (SSSR count). The third kappa shape index (κ3) is 49.8. The molecule has 10 heteroatoms. The summed E-state index contributed by atoms with van der Waals surface area (Å²) in [5, 5.41) is 0. The van der Waals surface area contributed by atoms with Crippen LogP contribution >= 0.6 is 7.82 Å². The first-order chi connectivity index (χ1) is 30.5. The van der Waals surface area contributed by atoms with Gasteiger partial charge in [-0.15, -0.1) is 0 Å². The Balaban J connectivity index is 4.22. The summed E-state index contributed by atoms with van der Waals surface area (Å²) in [5.41, 5.74) is 0. The molecule has 0 spiro atoms. The predicted octanol–water partition coefficient (Wildman–Crippen LogP) is 15.9. The minimum atomic E-state index is -4.38. The van der Waals surface area contributed by atoms with E-state index >= 15 is 0 Å². The van der Waals surface area contributed by atoms with Crippen molar-refractivity contribution in [3.05, 3.63) is 24.3 Å². The molecule has 0 aliphatic rings. The molecule has 0 aromatic heterocycles.